The molecule has 0 aliphatic heterocycles. The first-order chi connectivity index (χ1) is 11.4. The number of benzene rings is 1. The Balaban J connectivity index is 1.93. The molecular weight excluding hydrogens is 304 g/mol. The average Bonchev–Trinajstić information content (AvgIpc) is 2.53. The quantitative estimate of drug-likeness (QED) is 0.770. The summed E-state index contributed by atoms with van der Waals surface area (Å²) in [5.41, 5.74) is 2.30. The minimum absolute atomic E-state index is 0.0402. The van der Waals surface area contributed by atoms with E-state index in [2.05, 4.69) is 43.5 Å². The van der Waals surface area contributed by atoms with Crippen molar-refractivity contribution in [3.8, 4) is 0 Å². The fraction of sp³-hybridized carbons (Fsp3) is 0.579. The van der Waals surface area contributed by atoms with Crippen molar-refractivity contribution in [2.45, 2.75) is 58.5 Å². The zero-order chi connectivity index (χ0) is 17.7. The summed E-state index contributed by atoms with van der Waals surface area (Å²) in [6.45, 7) is 6.24. The van der Waals surface area contributed by atoms with Gasteiger partial charge in [0.15, 0.2) is 0 Å². The lowest BCUT2D eigenvalue weighted by Crippen LogP contribution is -2.46. The van der Waals surface area contributed by atoms with Crippen molar-refractivity contribution in [2.75, 3.05) is 0 Å². The fourth-order valence-electron chi connectivity index (χ4n) is 3.39. The molecule has 0 heterocycles. The van der Waals surface area contributed by atoms with Gasteiger partial charge >= 0.3 is 12.0 Å². The Hall–Kier alpha value is -2.04. The number of hydrogen-bond acceptors (Lipinski definition) is 2. The molecule has 0 bridgehead atoms. The molecule has 24 heavy (non-hydrogen) atoms. The second kappa shape index (κ2) is 8.18. The molecule has 1 aliphatic carbocycles. The van der Waals surface area contributed by atoms with E-state index in [1.54, 1.807) is 0 Å². The van der Waals surface area contributed by atoms with Gasteiger partial charge in [0.05, 0.1) is 12.0 Å². The van der Waals surface area contributed by atoms with Crippen LogP contribution in [-0.4, -0.2) is 23.1 Å². The summed E-state index contributed by atoms with van der Waals surface area (Å²) in [5, 5.41) is 15.1. The molecule has 5 nitrogen and oxygen atoms in total. The van der Waals surface area contributed by atoms with Crippen LogP contribution in [-0.2, 0) is 4.79 Å². The SMILES string of the molecule is Cc1ccccc1C(NC(=O)NC1CCC(C(=O)O)CC1)C(C)C. The Bertz CT molecular complexity index is 578. The van der Waals surface area contributed by atoms with Crippen LogP contribution in [0.2, 0.25) is 0 Å². The van der Waals surface area contributed by atoms with Crippen LogP contribution in [0, 0.1) is 18.8 Å². The van der Waals surface area contributed by atoms with Crippen LogP contribution in [0.25, 0.3) is 0 Å². The van der Waals surface area contributed by atoms with Crippen molar-refractivity contribution in [1.29, 1.82) is 0 Å². The van der Waals surface area contributed by atoms with Gasteiger partial charge in [-0.25, -0.2) is 4.79 Å². The molecule has 0 radical (unpaired) electrons. The van der Waals surface area contributed by atoms with E-state index in [1.165, 1.54) is 5.56 Å². The van der Waals surface area contributed by atoms with Gasteiger partial charge in [0.2, 0.25) is 0 Å². The van der Waals surface area contributed by atoms with Crippen LogP contribution in [0.3, 0.4) is 0 Å². The molecule has 1 aromatic rings. The largest absolute Gasteiger partial charge is 0.481 e. The minimum Gasteiger partial charge on any atom is -0.481 e. The number of carboxylic acid groups (broad SMARTS) is 1. The summed E-state index contributed by atoms with van der Waals surface area (Å²) in [6.07, 6.45) is 2.71. The maximum absolute atomic E-state index is 12.4. The summed E-state index contributed by atoms with van der Waals surface area (Å²) in [7, 11) is 0. The van der Waals surface area contributed by atoms with E-state index in [4.69, 9.17) is 5.11 Å². The van der Waals surface area contributed by atoms with Gasteiger partial charge in [-0.15, -0.1) is 0 Å². The van der Waals surface area contributed by atoms with Crippen molar-refractivity contribution in [3.63, 3.8) is 0 Å². The second-order valence-corrected chi connectivity index (χ2v) is 7.08. The van der Waals surface area contributed by atoms with Crippen LogP contribution < -0.4 is 10.6 Å². The predicted octanol–water partition coefficient (Wildman–Crippen LogP) is 3.63. The standard InChI is InChI=1S/C19H28N2O3/c1-12(2)17(16-7-5-4-6-13(16)3)21-19(24)20-15-10-8-14(9-11-15)18(22)23/h4-7,12,14-15,17H,8-11H2,1-3H3,(H,22,23)(H2,20,21,24). The van der Waals surface area contributed by atoms with Gasteiger partial charge in [0.1, 0.15) is 0 Å². The molecule has 2 rings (SSSR count). The number of nitrogens with one attached hydrogen (secondary N) is 2. The van der Waals surface area contributed by atoms with E-state index < -0.39 is 5.97 Å². The van der Waals surface area contributed by atoms with Gasteiger partial charge in [-0.3, -0.25) is 4.79 Å². The van der Waals surface area contributed by atoms with Crippen LogP contribution >= 0.6 is 0 Å². The highest BCUT2D eigenvalue weighted by molar-refractivity contribution is 5.75. The molecule has 0 saturated heterocycles. The van der Waals surface area contributed by atoms with Gasteiger partial charge in [-0.1, -0.05) is 38.1 Å². The molecule has 1 unspecified atom stereocenters. The van der Waals surface area contributed by atoms with E-state index in [1.807, 2.05) is 12.1 Å². The third-order valence-corrected chi connectivity index (χ3v) is 4.89. The van der Waals surface area contributed by atoms with Crippen LogP contribution in [0.1, 0.15) is 56.7 Å². The first-order valence-electron chi connectivity index (χ1n) is 8.73. The van der Waals surface area contributed by atoms with Crippen LogP contribution in [0.15, 0.2) is 24.3 Å². The second-order valence-electron chi connectivity index (χ2n) is 7.08. The third-order valence-electron chi connectivity index (χ3n) is 4.89. The molecule has 1 aromatic carbocycles. The zero-order valence-corrected chi connectivity index (χ0v) is 14.7. The molecule has 1 saturated carbocycles. The number of carbonyl (C=O) groups excluding carboxylic acids is 1. The Labute approximate surface area is 143 Å². The number of carboxylic acids is 1. The zero-order valence-electron chi connectivity index (χ0n) is 14.7. The monoisotopic (exact) mass is 332 g/mol. The topological polar surface area (TPSA) is 78.4 Å². The first kappa shape index (κ1) is 18.3. The molecule has 1 fully saturated rings. The number of aryl methyl sites for hydroxylation is 1. The molecular formula is C19H28N2O3. The summed E-state index contributed by atoms with van der Waals surface area (Å²) in [6, 6.07) is 7.94. The van der Waals surface area contributed by atoms with Crippen molar-refractivity contribution in [1.82, 2.24) is 10.6 Å². The number of amides is 2. The maximum atomic E-state index is 12.4. The predicted molar refractivity (Wildman–Crippen MR) is 93.8 cm³/mol. The van der Waals surface area contributed by atoms with Gasteiger partial charge in [-0.05, 0) is 49.7 Å². The molecule has 2 amide bonds. The summed E-state index contributed by atoms with van der Waals surface area (Å²) < 4.78 is 0. The summed E-state index contributed by atoms with van der Waals surface area (Å²) >= 11 is 0. The number of rotatable bonds is 5. The highest BCUT2D eigenvalue weighted by Crippen LogP contribution is 2.26. The molecule has 1 atom stereocenters. The minimum atomic E-state index is -0.725. The molecule has 3 N–H and O–H groups in total. The lowest BCUT2D eigenvalue weighted by Gasteiger charge is -2.29. The molecule has 1 aliphatic rings. The highest BCUT2D eigenvalue weighted by atomic mass is 16.4. The molecule has 0 aromatic heterocycles. The average molecular weight is 332 g/mol. The molecule has 132 valence electrons. The van der Waals surface area contributed by atoms with Crippen molar-refractivity contribution in [3.05, 3.63) is 35.4 Å². The summed E-state index contributed by atoms with van der Waals surface area (Å²) in [4.78, 5) is 23.4. The fourth-order valence-corrected chi connectivity index (χ4v) is 3.39. The van der Waals surface area contributed by atoms with Gasteiger partial charge < -0.3 is 15.7 Å². The third kappa shape index (κ3) is 4.73. The number of hydrogen-bond donors (Lipinski definition) is 3. The van der Waals surface area contributed by atoms with E-state index in [-0.39, 0.29) is 30.0 Å². The smallest absolute Gasteiger partial charge is 0.315 e. The van der Waals surface area contributed by atoms with Gasteiger partial charge in [-0.2, -0.15) is 0 Å². The Kier molecular flexibility index (Phi) is 6.23. The van der Waals surface area contributed by atoms with Crippen molar-refractivity contribution < 1.29 is 14.7 Å². The van der Waals surface area contributed by atoms with Gasteiger partial charge in [0.25, 0.3) is 0 Å². The first-order valence-corrected chi connectivity index (χ1v) is 8.73. The Morgan fingerprint density at radius 1 is 1.12 bits per heavy atom. The number of carbonyl (C=O) groups is 2. The number of aliphatic carboxylic acids is 1. The van der Waals surface area contributed by atoms with Gasteiger partial charge in [0, 0.05) is 6.04 Å². The Morgan fingerprint density at radius 3 is 2.29 bits per heavy atom. The van der Waals surface area contributed by atoms with E-state index in [0.29, 0.717) is 12.8 Å². The van der Waals surface area contributed by atoms with E-state index >= 15 is 0 Å². The van der Waals surface area contributed by atoms with Crippen molar-refractivity contribution in [2.24, 2.45) is 11.8 Å². The number of urea groups is 1. The van der Waals surface area contributed by atoms with Crippen LogP contribution in [0.4, 0.5) is 4.79 Å². The normalized spacial score (nSPS) is 22.0. The van der Waals surface area contributed by atoms with E-state index in [0.717, 1.165) is 18.4 Å². The van der Waals surface area contributed by atoms with Crippen LogP contribution in [0.5, 0.6) is 0 Å². The van der Waals surface area contributed by atoms with Crippen molar-refractivity contribution >= 4 is 12.0 Å². The lowest BCUT2D eigenvalue weighted by molar-refractivity contribution is -0.142. The maximum Gasteiger partial charge on any atom is 0.315 e. The Morgan fingerprint density at radius 2 is 1.75 bits per heavy atom. The summed E-state index contributed by atoms with van der Waals surface area (Å²) in [5.74, 6) is -0.710. The molecule has 5 heteroatoms. The molecule has 0 spiro atoms. The van der Waals surface area contributed by atoms with E-state index in [9.17, 15) is 9.59 Å². The highest BCUT2D eigenvalue weighted by Gasteiger charge is 2.27. The lowest BCUT2D eigenvalue weighted by atomic mass is 9.86.